The van der Waals surface area contributed by atoms with E-state index < -0.39 is 78.2 Å². The van der Waals surface area contributed by atoms with Crippen LogP contribution in [-0.4, -0.2) is 355 Å². The summed E-state index contributed by atoms with van der Waals surface area (Å²) in [6.45, 7) is 0. The van der Waals surface area contributed by atoms with Crippen molar-refractivity contribution in [3.63, 3.8) is 0 Å². The summed E-state index contributed by atoms with van der Waals surface area (Å²) < 4.78 is 111. The van der Waals surface area contributed by atoms with Crippen molar-refractivity contribution in [1.29, 1.82) is 0 Å². The van der Waals surface area contributed by atoms with Gasteiger partial charge in [-0.25, -0.2) is 45.7 Å². The summed E-state index contributed by atoms with van der Waals surface area (Å²) in [6.07, 6.45) is 0. The minimum atomic E-state index is -5.05. The predicted molar refractivity (Wildman–Crippen MR) is 162 cm³/mol. The van der Waals surface area contributed by atoms with Crippen molar-refractivity contribution in [3.05, 3.63) is 0 Å². The Bertz CT molecular complexity index is 1000. The van der Waals surface area contributed by atoms with Gasteiger partial charge in [-0.05, 0) is 0 Å². The van der Waals surface area contributed by atoms with Crippen LogP contribution in [0.5, 0.6) is 0 Å². The molecule has 50 heteroatoms. The van der Waals surface area contributed by atoms with Gasteiger partial charge < -0.3 is 97.9 Å². The van der Waals surface area contributed by atoms with Gasteiger partial charge >= 0.3 is 335 Å². The summed E-state index contributed by atoms with van der Waals surface area (Å²) in [4.78, 5) is 155. The van der Waals surface area contributed by atoms with Crippen LogP contribution in [0.4, 0.5) is 0 Å². The van der Waals surface area contributed by atoms with Crippen molar-refractivity contribution < 1.29 is 165 Å². The summed E-state index contributed by atoms with van der Waals surface area (Å²) in [5.74, 6) is 0. The molecule has 0 radical (unpaired) electrons. The van der Waals surface area contributed by atoms with E-state index in [1.165, 1.54) is 0 Å². The maximum absolute atomic E-state index is 9.63. The van der Waals surface area contributed by atoms with Crippen LogP contribution in [0.25, 0.3) is 0 Å². The molecule has 0 saturated carbocycles. The van der Waals surface area contributed by atoms with E-state index in [9.17, 15) is 45.7 Å². The third-order valence-corrected chi connectivity index (χ3v) is 9.57. The van der Waals surface area contributed by atoms with Gasteiger partial charge in [-0.1, -0.05) is 0 Å². The van der Waals surface area contributed by atoms with Gasteiger partial charge in [0.15, 0.2) is 0 Å². The van der Waals surface area contributed by atoms with Crippen molar-refractivity contribution in [1.82, 2.24) is 0 Å². The second-order valence-electron chi connectivity index (χ2n) is 5.31. The zero-order valence-electron chi connectivity index (χ0n) is 19.5. The third kappa shape index (κ3) is 118. The molecule has 0 aliphatic carbocycles. The molecule has 0 aromatic heterocycles. The van der Waals surface area contributed by atoms with Crippen LogP contribution in [0, 0.1) is 0 Å². The molecule has 0 unspecified atom stereocenters. The SMILES string of the molecule is O=P(O)(O)OP(=O)(O)O.O=P(O)(O)OP(=O)(O)O.O=P(O)(O)OP(=O)(O)O.O=P(O)(O)OP(=O)(O)O.O=P(O)(O)OP(=O)(O)O.[KH].[KH].[KH].[KH].[KH]. The second-order valence-corrected chi connectivity index (χ2v) is 18.4. The van der Waals surface area contributed by atoms with Crippen LogP contribution in [0.1, 0.15) is 0 Å². The van der Waals surface area contributed by atoms with E-state index in [1.54, 1.807) is 0 Å². The molecule has 0 saturated heterocycles. The van der Waals surface area contributed by atoms with Crippen LogP contribution in [0.2, 0.25) is 0 Å². The monoisotopic (exact) mass is 1090 g/mol. The number of phosphoric acid groups is 10. The van der Waals surface area contributed by atoms with Crippen molar-refractivity contribution >= 4 is 335 Å². The molecule has 0 aromatic rings. The Kier molecular flexibility index (Phi) is 57.9. The van der Waals surface area contributed by atoms with E-state index in [-0.39, 0.29) is 257 Å². The van der Waals surface area contributed by atoms with Gasteiger partial charge in [-0.2, -0.15) is 21.6 Å². The first kappa shape index (κ1) is 83.1. The Morgan fingerprint density at radius 1 is 0.180 bits per heavy atom. The number of hydrogen-bond donors (Lipinski definition) is 20. The minimum absolute atomic E-state index is 0. The summed E-state index contributed by atoms with van der Waals surface area (Å²) >= 11 is 0. The predicted octanol–water partition coefficient (Wildman–Crippen LogP) is -7.30. The molecule has 0 aliphatic heterocycles. The van der Waals surface area contributed by atoms with Gasteiger partial charge in [0.25, 0.3) is 0 Å². The summed E-state index contributed by atoms with van der Waals surface area (Å²) in [6, 6.07) is 0. The van der Waals surface area contributed by atoms with E-state index in [0.29, 0.717) is 0 Å². The second kappa shape index (κ2) is 34.8. The number of hydrogen-bond acceptors (Lipinski definition) is 15. The van der Waals surface area contributed by atoms with Gasteiger partial charge in [0.1, 0.15) is 0 Å². The molecule has 0 aromatic carbocycles. The van der Waals surface area contributed by atoms with E-state index in [2.05, 4.69) is 21.6 Å². The molecular weight excluding hydrogens is 1070 g/mol. The van der Waals surface area contributed by atoms with Gasteiger partial charge in [0.05, 0.1) is 0 Å². The zero-order valence-corrected chi connectivity index (χ0v) is 28.5. The van der Waals surface area contributed by atoms with Crippen molar-refractivity contribution in [2.75, 3.05) is 0 Å². The zero-order chi connectivity index (χ0) is 38.5. The van der Waals surface area contributed by atoms with E-state index in [1.807, 2.05) is 0 Å². The molecular formula is H25K5O35P10. The van der Waals surface area contributed by atoms with Crippen molar-refractivity contribution in [2.24, 2.45) is 0 Å². The first-order chi connectivity index (χ1) is 18.5. The normalized spacial score (nSPS) is 12.4. The Labute approximate surface area is 488 Å². The van der Waals surface area contributed by atoms with Crippen molar-refractivity contribution in [3.8, 4) is 0 Å². The van der Waals surface area contributed by atoms with E-state index in [4.69, 9.17) is 97.9 Å². The van der Waals surface area contributed by atoms with Crippen LogP contribution < -0.4 is 0 Å². The van der Waals surface area contributed by atoms with E-state index >= 15 is 0 Å². The molecule has 0 bridgehead atoms. The molecule has 290 valence electrons. The Morgan fingerprint density at radius 3 is 0.220 bits per heavy atom. The van der Waals surface area contributed by atoms with Crippen LogP contribution in [0.3, 0.4) is 0 Å². The Hall–Kier alpha value is 9.48. The molecule has 0 amide bonds. The molecule has 0 heterocycles. The fourth-order valence-corrected chi connectivity index (χ4v) is 6.24. The first-order valence-electron chi connectivity index (χ1n) is 7.65. The van der Waals surface area contributed by atoms with Gasteiger partial charge in [-0.15, -0.1) is 0 Å². The molecule has 0 spiro atoms. The molecule has 50 heavy (non-hydrogen) atoms. The maximum atomic E-state index is 9.63. The molecule has 0 atom stereocenters. The Morgan fingerprint density at radius 2 is 0.220 bits per heavy atom. The molecule has 0 aliphatic rings. The average molecular weight is 1090 g/mol. The standard InChI is InChI=1S/5K.5H4O7P2.5H/c;;;;;5*1-8(2,3)7-9(4,5)6;;;;;/h;;;;;5*(H2,1,2,3)(H2,4,5,6);;;;;. The fourth-order valence-electron chi connectivity index (χ4n) is 0.693. The molecule has 35 nitrogen and oxygen atoms in total. The fraction of sp³-hybridized carbons (Fsp3) is 0. The average Bonchev–Trinajstić information content (AvgIpc) is 2.36. The summed E-state index contributed by atoms with van der Waals surface area (Å²) in [5, 5.41) is 0. The molecule has 0 fully saturated rings. The van der Waals surface area contributed by atoms with Crippen LogP contribution in [0.15, 0.2) is 0 Å². The topological polar surface area (TPSA) is 621 Å². The molecule has 0 rings (SSSR count). The number of rotatable bonds is 10. The van der Waals surface area contributed by atoms with Gasteiger partial charge in [0.2, 0.25) is 0 Å². The quantitative estimate of drug-likeness (QED) is 0.0714. The van der Waals surface area contributed by atoms with Crippen molar-refractivity contribution in [2.45, 2.75) is 0 Å². The van der Waals surface area contributed by atoms with Crippen LogP contribution >= 0.6 is 78.2 Å². The third-order valence-electron chi connectivity index (χ3n) is 1.06. The summed E-state index contributed by atoms with van der Waals surface area (Å²) in [7, 11) is -50.5. The summed E-state index contributed by atoms with van der Waals surface area (Å²) in [5.41, 5.74) is 0. The molecule has 20 N–H and O–H groups in total. The van der Waals surface area contributed by atoms with Gasteiger partial charge in [-0.3, -0.25) is 0 Å². The Balaban J connectivity index is -0.0000000488. The van der Waals surface area contributed by atoms with Gasteiger partial charge in [0, 0.05) is 0 Å². The first-order valence-corrected chi connectivity index (χ1v) is 23.0. The van der Waals surface area contributed by atoms with E-state index in [0.717, 1.165) is 0 Å². The van der Waals surface area contributed by atoms with Crippen LogP contribution in [-0.2, 0) is 67.2 Å².